The Bertz CT molecular complexity index is 426. The highest BCUT2D eigenvalue weighted by molar-refractivity contribution is 6.35. The van der Waals surface area contributed by atoms with Crippen molar-refractivity contribution >= 4 is 29.0 Å². The lowest BCUT2D eigenvalue weighted by atomic mass is 9.74. The van der Waals surface area contributed by atoms with E-state index in [-0.39, 0.29) is 11.7 Å². The van der Waals surface area contributed by atoms with Gasteiger partial charge < -0.3 is 0 Å². The van der Waals surface area contributed by atoms with Crippen LogP contribution >= 0.6 is 23.2 Å². The summed E-state index contributed by atoms with van der Waals surface area (Å²) in [7, 11) is 0. The number of carbonyl (C=O) groups excluding carboxylic acids is 1. The lowest BCUT2D eigenvalue weighted by Crippen LogP contribution is -2.26. The van der Waals surface area contributed by atoms with Crippen molar-refractivity contribution in [3.8, 4) is 0 Å². The van der Waals surface area contributed by atoms with E-state index in [4.69, 9.17) is 23.2 Å². The van der Waals surface area contributed by atoms with Crippen molar-refractivity contribution in [2.24, 2.45) is 17.8 Å². The van der Waals surface area contributed by atoms with E-state index in [0.717, 1.165) is 12.8 Å². The van der Waals surface area contributed by atoms with Gasteiger partial charge in [0.2, 0.25) is 0 Å². The van der Waals surface area contributed by atoms with Gasteiger partial charge in [0.1, 0.15) is 0 Å². The Hall–Kier alpha value is -0.530. The first kappa shape index (κ1) is 13.9. The van der Waals surface area contributed by atoms with Crippen LogP contribution in [0.1, 0.15) is 43.5 Å². The number of carbonyl (C=O) groups is 1. The molecule has 2 rings (SSSR count). The molecule has 1 nitrogen and oxygen atoms in total. The van der Waals surface area contributed by atoms with Gasteiger partial charge in [0.15, 0.2) is 5.78 Å². The summed E-state index contributed by atoms with van der Waals surface area (Å²) in [5, 5.41) is 1.06. The van der Waals surface area contributed by atoms with Gasteiger partial charge in [0.05, 0.1) is 0 Å². The molecule has 2 unspecified atom stereocenters. The van der Waals surface area contributed by atoms with Gasteiger partial charge in [-0.2, -0.15) is 0 Å². The maximum absolute atomic E-state index is 12.5. The predicted molar refractivity (Wildman–Crippen MR) is 76.5 cm³/mol. The minimum atomic E-state index is 0.123. The van der Waals surface area contributed by atoms with E-state index in [1.165, 1.54) is 6.42 Å². The fraction of sp³-hybridized carbons (Fsp3) is 0.533. The first-order valence-corrected chi connectivity index (χ1v) is 7.21. The fourth-order valence-corrected chi connectivity index (χ4v) is 3.62. The molecular weight excluding hydrogens is 267 g/mol. The highest BCUT2D eigenvalue weighted by atomic mass is 35.5. The highest BCUT2D eigenvalue weighted by Crippen LogP contribution is 2.35. The summed E-state index contributed by atoms with van der Waals surface area (Å²) in [5.74, 6) is 1.56. The summed E-state index contributed by atoms with van der Waals surface area (Å²) in [5.41, 5.74) is 0.652. The third-order valence-corrected chi connectivity index (χ3v) is 4.13. The molecule has 1 aliphatic rings. The second-order valence-corrected chi connectivity index (χ2v) is 6.51. The molecule has 0 aliphatic heterocycles. The Balaban J connectivity index is 2.20. The van der Waals surface area contributed by atoms with Gasteiger partial charge in [0.25, 0.3) is 0 Å². The zero-order chi connectivity index (χ0) is 13.3. The minimum absolute atomic E-state index is 0.123. The number of hydrogen-bond donors (Lipinski definition) is 0. The highest BCUT2D eigenvalue weighted by Gasteiger charge is 2.29. The summed E-state index contributed by atoms with van der Waals surface area (Å²) in [6, 6.07) is 5.10. The molecule has 0 saturated heterocycles. The Kier molecular flexibility index (Phi) is 4.34. The maximum Gasteiger partial charge on any atom is 0.166 e. The molecule has 0 heterocycles. The van der Waals surface area contributed by atoms with Gasteiger partial charge in [-0.15, -0.1) is 0 Å². The molecule has 1 aromatic carbocycles. The first-order valence-electron chi connectivity index (χ1n) is 6.46. The molecule has 0 amide bonds. The molecule has 3 heteroatoms. The lowest BCUT2D eigenvalue weighted by Gasteiger charge is -2.30. The van der Waals surface area contributed by atoms with Crippen molar-refractivity contribution in [3.05, 3.63) is 33.8 Å². The van der Waals surface area contributed by atoms with Gasteiger partial charge in [-0.1, -0.05) is 37.0 Å². The number of hydrogen-bond acceptors (Lipinski definition) is 1. The second-order valence-electron chi connectivity index (χ2n) is 5.64. The topological polar surface area (TPSA) is 17.1 Å². The monoisotopic (exact) mass is 284 g/mol. The molecule has 0 bridgehead atoms. The Labute approximate surface area is 118 Å². The number of ketones is 1. The van der Waals surface area contributed by atoms with E-state index in [0.29, 0.717) is 27.4 Å². The van der Waals surface area contributed by atoms with E-state index < -0.39 is 0 Å². The van der Waals surface area contributed by atoms with E-state index in [9.17, 15) is 4.79 Å². The number of halogens is 2. The molecule has 1 fully saturated rings. The third-order valence-electron chi connectivity index (χ3n) is 3.70. The van der Waals surface area contributed by atoms with Crippen molar-refractivity contribution in [1.82, 2.24) is 0 Å². The molecule has 18 heavy (non-hydrogen) atoms. The molecular formula is C15H18Cl2O. The molecule has 0 radical (unpaired) electrons. The smallest absolute Gasteiger partial charge is 0.166 e. The van der Waals surface area contributed by atoms with Crippen LogP contribution in [0.2, 0.25) is 10.0 Å². The molecule has 98 valence electrons. The number of benzene rings is 1. The van der Waals surface area contributed by atoms with E-state index in [2.05, 4.69) is 13.8 Å². The molecule has 0 aromatic heterocycles. The fourth-order valence-electron chi connectivity index (χ4n) is 3.09. The SMILES string of the molecule is CC1CC(C)CC(C(=O)c2cc(Cl)cc(Cl)c2)C1. The Morgan fingerprint density at radius 3 is 2.00 bits per heavy atom. The molecule has 1 saturated carbocycles. The summed E-state index contributed by atoms with van der Waals surface area (Å²) >= 11 is 11.9. The maximum atomic E-state index is 12.5. The van der Waals surface area contributed by atoms with Gasteiger partial charge in [-0.05, 0) is 49.3 Å². The normalized spacial score (nSPS) is 28.1. The van der Waals surface area contributed by atoms with Crippen LogP contribution in [0.15, 0.2) is 18.2 Å². The van der Waals surface area contributed by atoms with Crippen LogP contribution in [0, 0.1) is 17.8 Å². The van der Waals surface area contributed by atoms with Crippen LogP contribution in [0.5, 0.6) is 0 Å². The van der Waals surface area contributed by atoms with Gasteiger partial charge in [-0.3, -0.25) is 4.79 Å². The van der Waals surface area contributed by atoms with Gasteiger partial charge >= 0.3 is 0 Å². The van der Waals surface area contributed by atoms with Gasteiger partial charge in [0, 0.05) is 21.5 Å². The average Bonchev–Trinajstić information content (AvgIpc) is 2.25. The molecule has 0 spiro atoms. The van der Waals surface area contributed by atoms with E-state index >= 15 is 0 Å². The van der Waals surface area contributed by atoms with Crippen LogP contribution in [-0.2, 0) is 0 Å². The van der Waals surface area contributed by atoms with Crippen molar-refractivity contribution in [2.45, 2.75) is 33.1 Å². The van der Waals surface area contributed by atoms with Crippen LogP contribution in [-0.4, -0.2) is 5.78 Å². The lowest BCUT2D eigenvalue weighted by molar-refractivity contribution is 0.0836. The standard InChI is InChI=1S/C15H18Cl2O/c1-9-3-10(2)5-11(4-9)15(18)12-6-13(16)8-14(17)7-12/h6-11H,3-5H2,1-2H3. The Morgan fingerprint density at radius 2 is 1.50 bits per heavy atom. The van der Waals surface area contributed by atoms with Crippen molar-refractivity contribution in [3.63, 3.8) is 0 Å². The van der Waals surface area contributed by atoms with Crippen molar-refractivity contribution < 1.29 is 4.79 Å². The molecule has 2 atom stereocenters. The largest absolute Gasteiger partial charge is 0.294 e. The molecule has 0 N–H and O–H groups in total. The summed E-state index contributed by atoms with van der Waals surface area (Å²) in [6.07, 6.45) is 3.18. The Morgan fingerprint density at radius 1 is 1.00 bits per heavy atom. The van der Waals surface area contributed by atoms with E-state index in [1.54, 1.807) is 18.2 Å². The van der Waals surface area contributed by atoms with E-state index in [1.807, 2.05) is 0 Å². The summed E-state index contributed by atoms with van der Waals surface area (Å²) in [6.45, 7) is 4.45. The summed E-state index contributed by atoms with van der Waals surface area (Å²) in [4.78, 5) is 12.5. The number of Topliss-reactive ketones (excluding diaryl/α,β-unsaturated/α-hetero) is 1. The summed E-state index contributed by atoms with van der Waals surface area (Å²) < 4.78 is 0. The first-order chi connectivity index (χ1) is 8.45. The van der Waals surface area contributed by atoms with Crippen LogP contribution in [0.25, 0.3) is 0 Å². The zero-order valence-electron chi connectivity index (χ0n) is 10.7. The van der Waals surface area contributed by atoms with Gasteiger partial charge in [-0.25, -0.2) is 0 Å². The predicted octanol–water partition coefficient (Wildman–Crippen LogP) is 5.25. The quantitative estimate of drug-likeness (QED) is 0.678. The van der Waals surface area contributed by atoms with Crippen molar-refractivity contribution in [2.75, 3.05) is 0 Å². The molecule has 1 aromatic rings. The van der Waals surface area contributed by atoms with Crippen LogP contribution in [0.4, 0.5) is 0 Å². The zero-order valence-corrected chi connectivity index (χ0v) is 12.3. The second kappa shape index (κ2) is 5.63. The number of rotatable bonds is 2. The van der Waals surface area contributed by atoms with Crippen LogP contribution in [0.3, 0.4) is 0 Å². The average molecular weight is 285 g/mol. The molecule has 1 aliphatic carbocycles. The van der Waals surface area contributed by atoms with Crippen LogP contribution < -0.4 is 0 Å². The van der Waals surface area contributed by atoms with Crippen molar-refractivity contribution in [1.29, 1.82) is 0 Å². The minimum Gasteiger partial charge on any atom is -0.294 e. The third kappa shape index (κ3) is 3.27.